The number of hydrogen-bond donors (Lipinski definition) is 2. The lowest BCUT2D eigenvalue weighted by atomic mass is 10.1. The van der Waals surface area contributed by atoms with Crippen molar-refractivity contribution in [2.24, 2.45) is 5.73 Å². The first-order valence-electron chi connectivity index (χ1n) is 3.63. The lowest BCUT2D eigenvalue weighted by molar-refractivity contribution is 1.30. The Kier molecular flexibility index (Phi) is 2.58. The average molecular weight is 161 g/mol. The van der Waals surface area contributed by atoms with E-state index in [4.69, 9.17) is 11.1 Å². The van der Waals surface area contributed by atoms with Crippen molar-refractivity contribution in [2.75, 3.05) is 0 Å². The topological polar surface area (TPSA) is 62.8 Å². The van der Waals surface area contributed by atoms with Crippen LogP contribution < -0.4 is 5.73 Å². The number of aromatic nitrogens is 1. The first kappa shape index (κ1) is 8.46. The Bertz CT molecular complexity index is 297. The third-order valence-electron chi connectivity index (χ3n) is 1.36. The molecule has 0 unspecified atom stereocenters. The van der Waals surface area contributed by atoms with Crippen LogP contribution >= 0.6 is 0 Å². The van der Waals surface area contributed by atoms with Gasteiger partial charge in [-0.05, 0) is 25.1 Å². The van der Waals surface area contributed by atoms with Crippen LogP contribution in [0.1, 0.15) is 12.5 Å². The van der Waals surface area contributed by atoms with Gasteiger partial charge >= 0.3 is 0 Å². The van der Waals surface area contributed by atoms with Crippen LogP contribution in [0.2, 0.25) is 0 Å². The quantitative estimate of drug-likeness (QED) is 0.642. The van der Waals surface area contributed by atoms with Crippen LogP contribution in [-0.2, 0) is 0 Å². The summed E-state index contributed by atoms with van der Waals surface area (Å²) in [7, 11) is 0. The number of nitrogens with two attached hydrogens (primary N) is 1. The molecule has 0 radical (unpaired) electrons. The van der Waals surface area contributed by atoms with Crippen LogP contribution in [0.15, 0.2) is 36.3 Å². The van der Waals surface area contributed by atoms with E-state index in [9.17, 15) is 0 Å². The monoisotopic (exact) mass is 161 g/mol. The molecule has 0 aromatic carbocycles. The average Bonchev–Trinajstić information content (AvgIpc) is 2.05. The SMILES string of the molecule is C/C(N)=C/C(=N)c1ccncc1. The lowest BCUT2D eigenvalue weighted by Gasteiger charge is -1.97. The van der Waals surface area contributed by atoms with Gasteiger partial charge < -0.3 is 11.1 Å². The molecule has 3 nitrogen and oxygen atoms in total. The highest BCUT2D eigenvalue weighted by molar-refractivity contribution is 6.06. The second kappa shape index (κ2) is 3.67. The van der Waals surface area contributed by atoms with Gasteiger partial charge in [0, 0.05) is 23.7 Å². The molecular formula is C9H11N3. The fourth-order valence-corrected chi connectivity index (χ4v) is 0.842. The van der Waals surface area contributed by atoms with Gasteiger partial charge in [-0.1, -0.05) is 0 Å². The Labute approximate surface area is 71.4 Å². The molecule has 0 saturated heterocycles. The summed E-state index contributed by atoms with van der Waals surface area (Å²) >= 11 is 0. The third-order valence-corrected chi connectivity index (χ3v) is 1.36. The Balaban J connectivity index is 2.87. The largest absolute Gasteiger partial charge is 0.402 e. The van der Waals surface area contributed by atoms with Gasteiger partial charge in [0.2, 0.25) is 0 Å². The molecule has 0 amide bonds. The second-order valence-corrected chi connectivity index (χ2v) is 2.54. The van der Waals surface area contributed by atoms with Gasteiger partial charge in [-0.3, -0.25) is 4.98 Å². The van der Waals surface area contributed by atoms with Gasteiger partial charge in [0.15, 0.2) is 0 Å². The second-order valence-electron chi connectivity index (χ2n) is 2.54. The van der Waals surface area contributed by atoms with E-state index in [1.165, 1.54) is 0 Å². The zero-order valence-electron chi connectivity index (χ0n) is 6.91. The summed E-state index contributed by atoms with van der Waals surface area (Å²) in [6.07, 6.45) is 4.93. The molecule has 0 aliphatic heterocycles. The molecule has 0 fully saturated rings. The fraction of sp³-hybridized carbons (Fsp3) is 0.111. The van der Waals surface area contributed by atoms with E-state index in [0.29, 0.717) is 11.4 Å². The minimum absolute atomic E-state index is 0.414. The van der Waals surface area contributed by atoms with Crippen molar-refractivity contribution >= 4 is 5.71 Å². The summed E-state index contributed by atoms with van der Waals surface area (Å²) < 4.78 is 0. The van der Waals surface area contributed by atoms with E-state index in [1.54, 1.807) is 37.5 Å². The third kappa shape index (κ3) is 2.20. The van der Waals surface area contributed by atoms with E-state index in [1.807, 2.05) is 0 Å². The molecular weight excluding hydrogens is 150 g/mol. The maximum absolute atomic E-state index is 7.58. The van der Waals surface area contributed by atoms with Gasteiger partial charge in [0.25, 0.3) is 0 Å². The predicted octanol–water partition coefficient (Wildman–Crippen LogP) is 1.31. The number of pyridine rings is 1. The highest BCUT2D eigenvalue weighted by Gasteiger charge is 1.95. The molecule has 3 N–H and O–H groups in total. The van der Waals surface area contributed by atoms with Crippen LogP contribution in [0.3, 0.4) is 0 Å². The van der Waals surface area contributed by atoms with Crippen LogP contribution in [0.25, 0.3) is 0 Å². The normalized spacial score (nSPS) is 11.2. The van der Waals surface area contributed by atoms with E-state index in [-0.39, 0.29) is 0 Å². The van der Waals surface area contributed by atoms with Crippen LogP contribution in [0.5, 0.6) is 0 Å². The maximum Gasteiger partial charge on any atom is 0.0630 e. The predicted molar refractivity (Wildman–Crippen MR) is 49.0 cm³/mol. The zero-order valence-corrected chi connectivity index (χ0v) is 6.91. The minimum atomic E-state index is 0.414. The summed E-state index contributed by atoms with van der Waals surface area (Å²) in [4.78, 5) is 3.86. The number of rotatable bonds is 2. The molecule has 0 bridgehead atoms. The van der Waals surface area contributed by atoms with Crippen molar-refractivity contribution < 1.29 is 0 Å². The standard InChI is InChI=1S/C9H11N3/c1-7(10)6-9(11)8-2-4-12-5-3-8/h2-6,11H,10H2,1H3/b7-6-,11-9?. The molecule has 0 aliphatic carbocycles. The van der Waals surface area contributed by atoms with Crippen molar-refractivity contribution in [1.82, 2.24) is 4.98 Å². The number of nitrogens with one attached hydrogen (secondary N) is 1. The molecule has 0 atom stereocenters. The molecule has 0 spiro atoms. The van der Waals surface area contributed by atoms with E-state index in [2.05, 4.69) is 4.98 Å². The molecule has 0 saturated carbocycles. The molecule has 1 rings (SSSR count). The van der Waals surface area contributed by atoms with Gasteiger partial charge in [-0.25, -0.2) is 0 Å². The van der Waals surface area contributed by atoms with Gasteiger partial charge in [-0.2, -0.15) is 0 Å². The Morgan fingerprint density at radius 1 is 1.50 bits per heavy atom. The van der Waals surface area contributed by atoms with E-state index >= 15 is 0 Å². The lowest BCUT2D eigenvalue weighted by Crippen LogP contribution is -1.99. The summed E-state index contributed by atoms with van der Waals surface area (Å²) in [5, 5.41) is 7.58. The first-order chi connectivity index (χ1) is 5.70. The van der Waals surface area contributed by atoms with Crippen molar-refractivity contribution in [3.63, 3.8) is 0 Å². The summed E-state index contributed by atoms with van der Waals surface area (Å²) in [6, 6.07) is 3.56. The number of hydrogen-bond acceptors (Lipinski definition) is 3. The van der Waals surface area contributed by atoms with Gasteiger partial charge in [0.1, 0.15) is 0 Å². The van der Waals surface area contributed by atoms with E-state index in [0.717, 1.165) is 5.56 Å². The van der Waals surface area contributed by atoms with Crippen molar-refractivity contribution in [2.45, 2.75) is 6.92 Å². The summed E-state index contributed by atoms with van der Waals surface area (Å²) in [6.45, 7) is 1.76. The van der Waals surface area contributed by atoms with Crippen LogP contribution in [0.4, 0.5) is 0 Å². The minimum Gasteiger partial charge on any atom is -0.402 e. The number of allylic oxidation sites excluding steroid dienone is 2. The smallest absolute Gasteiger partial charge is 0.0630 e. The van der Waals surface area contributed by atoms with Crippen LogP contribution in [-0.4, -0.2) is 10.7 Å². The molecule has 0 aliphatic rings. The van der Waals surface area contributed by atoms with Crippen LogP contribution in [0, 0.1) is 5.41 Å². The zero-order chi connectivity index (χ0) is 8.97. The highest BCUT2D eigenvalue weighted by atomic mass is 14.6. The summed E-state index contributed by atoms with van der Waals surface area (Å²) in [5.41, 5.74) is 7.31. The molecule has 62 valence electrons. The Hall–Kier alpha value is -1.64. The van der Waals surface area contributed by atoms with Crippen molar-refractivity contribution in [3.8, 4) is 0 Å². The molecule has 1 heterocycles. The molecule has 12 heavy (non-hydrogen) atoms. The Morgan fingerprint density at radius 3 is 2.58 bits per heavy atom. The molecule has 1 aromatic heterocycles. The number of nitrogens with zero attached hydrogens (tertiary/aromatic N) is 1. The highest BCUT2D eigenvalue weighted by Crippen LogP contribution is 1.99. The van der Waals surface area contributed by atoms with Gasteiger partial charge in [0.05, 0.1) is 5.71 Å². The van der Waals surface area contributed by atoms with E-state index < -0.39 is 0 Å². The maximum atomic E-state index is 7.58. The van der Waals surface area contributed by atoms with Gasteiger partial charge in [-0.15, -0.1) is 0 Å². The van der Waals surface area contributed by atoms with Crippen molar-refractivity contribution in [3.05, 3.63) is 41.9 Å². The van der Waals surface area contributed by atoms with Crippen molar-refractivity contribution in [1.29, 1.82) is 5.41 Å². The molecule has 3 heteroatoms. The Morgan fingerprint density at radius 2 is 2.08 bits per heavy atom. The molecule has 1 aromatic rings. The first-order valence-corrected chi connectivity index (χ1v) is 3.63. The summed E-state index contributed by atoms with van der Waals surface area (Å²) in [5.74, 6) is 0. The fourth-order valence-electron chi connectivity index (χ4n) is 0.842.